The molecular weight excluding hydrogens is 358 g/mol. The summed E-state index contributed by atoms with van der Waals surface area (Å²) >= 11 is 1.58. The SMILES string of the molecule is CCN(Cc1ccccc1)Cc1ccc(C(=O)NCc2ccsc2)c(=O)[nH]1. The van der Waals surface area contributed by atoms with E-state index >= 15 is 0 Å². The lowest BCUT2D eigenvalue weighted by Crippen LogP contribution is -2.30. The second-order valence-corrected chi connectivity index (χ2v) is 7.11. The number of nitrogens with zero attached hydrogens (tertiary/aromatic N) is 1. The monoisotopic (exact) mass is 381 g/mol. The van der Waals surface area contributed by atoms with Gasteiger partial charge in [-0.2, -0.15) is 11.3 Å². The van der Waals surface area contributed by atoms with Crippen LogP contribution in [0.15, 0.2) is 64.1 Å². The molecule has 2 heterocycles. The van der Waals surface area contributed by atoms with Crippen molar-refractivity contribution in [3.05, 3.63) is 92.0 Å². The largest absolute Gasteiger partial charge is 0.348 e. The maximum atomic E-state index is 12.3. The van der Waals surface area contributed by atoms with Gasteiger partial charge < -0.3 is 10.3 Å². The third-order valence-electron chi connectivity index (χ3n) is 4.34. The summed E-state index contributed by atoms with van der Waals surface area (Å²) in [6.07, 6.45) is 0. The van der Waals surface area contributed by atoms with Gasteiger partial charge in [0, 0.05) is 25.3 Å². The fourth-order valence-corrected chi connectivity index (χ4v) is 3.49. The number of H-pyrrole nitrogens is 1. The van der Waals surface area contributed by atoms with Crippen LogP contribution in [0.3, 0.4) is 0 Å². The highest BCUT2D eigenvalue weighted by Gasteiger charge is 2.12. The van der Waals surface area contributed by atoms with Crippen molar-refractivity contribution in [2.45, 2.75) is 26.6 Å². The van der Waals surface area contributed by atoms with E-state index in [0.717, 1.165) is 24.3 Å². The summed E-state index contributed by atoms with van der Waals surface area (Å²) in [5, 5.41) is 6.71. The van der Waals surface area contributed by atoms with Crippen molar-refractivity contribution in [3.63, 3.8) is 0 Å². The van der Waals surface area contributed by atoms with Crippen LogP contribution in [0.4, 0.5) is 0 Å². The number of benzene rings is 1. The van der Waals surface area contributed by atoms with Gasteiger partial charge in [0.25, 0.3) is 11.5 Å². The first-order valence-electron chi connectivity index (χ1n) is 8.93. The van der Waals surface area contributed by atoms with Crippen molar-refractivity contribution in [1.82, 2.24) is 15.2 Å². The van der Waals surface area contributed by atoms with E-state index in [1.807, 2.05) is 41.1 Å². The van der Waals surface area contributed by atoms with Crippen molar-refractivity contribution in [1.29, 1.82) is 0 Å². The average molecular weight is 382 g/mol. The zero-order chi connectivity index (χ0) is 19.1. The molecule has 0 unspecified atom stereocenters. The second kappa shape index (κ2) is 9.30. The van der Waals surface area contributed by atoms with Crippen LogP contribution in [0, 0.1) is 0 Å². The van der Waals surface area contributed by atoms with Gasteiger partial charge in [-0.25, -0.2) is 0 Å². The molecule has 0 radical (unpaired) electrons. The maximum absolute atomic E-state index is 12.3. The van der Waals surface area contributed by atoms with Crippen LogP contribution in [0.25, 0.3) is 0 Å². The van der Waals surface area contributed by atoms with Crippen LogP contribution < -0.4 is 10.9 Å². The molecule has 3 aromatic rings. The summed E-state index contributed by atoms with van der Waals surface area (Å²) in [7, 11) is 0. The van der Waals surface area contributed by atoms with Crippen LogP contribution in [0.5, 0.6) is 0 Å². The molecule has 27 heavy (non-hydrogen) atoms. The summed E-state index contributed by atoms with van der Waals surface area (Å²) in [5.74, 6) is -0.356. The molecule has 0 spiro atoms. The van der Waals surface area contributed by atoms with Crippen molar-refractivity contribution in [3.8, 4) is 0 Å². The lowest BCUT2D eigenvalue weighted by Gasteiger charge is -2.20. The molecule has 6 heteroatoms. The Balaban J connectivity index is 1.63. The number of carbonyl (C=O) groups is 1. The molecule has 0 aliphatic heterocycles. The fourth-order valence-electron chi connectivity index (χ4n) is 2.82. The predicted molar refractivity (Wildman–Crippen MR) is 109 cm³/mol. The maximum Gasteiger partial charge on any atom is 0.261 e. The molecule has 0 aliphatic rings. The summed E-state index contributed by atoms with van der Waals surface area (Å²) in [5.41, 5.74) is 2.84. The van der Waals surface area contributed by atoms with E-state index < -0.39 is 0 Å². The minimum absolute atomic E-state index is 0.139. The second-order valence-electron chi connectivity index (χ2n) is 6.33. The van der Waals surface area contributed by atoms with Crippen LogP contribution in [-0.4, -0.2) is 22.3 Å². The highest BCUT2D eigenvalue weighted by molar-refractivity contribution is 7.07. The minimum atomic E-state index is -0.356. The molecule has 1 aromatic carbocycles. The first-order chi connectivity index (χ1) is 13.2. The lowest BCUT2D eigenvalue weighted by atomic mass is 10.2. The number of aromatic nitrogens is 1. The molecule has 0 saturated carbocycles. The first kappa shape index (κ1) is 19.1. The van der Waals surface area contributed by atoms with E-state index in [1.54, 1.807) is 17.4 Å². The summed E-state index contributed by atoms with van der Waals surface area (Å²) < 4.78 is 0. The minimum Gasteiger partial charge on any atom is -0.348 e. The Morgan fingerprint density at radius 3 is 2.56 bits per heavy atom. The normalized spacial score (nSPS) is 10.9. The summed E-state index contributed by atoms with van der Waals surface area (Å²) in [6, 6.07) is 15.6. The summed E-state index contributed by atoms with van der Waals surface area (Å²) in [6.45, 7) is 4.80. The van der Waals surface area contributed by atoms with Gasteiger partial charge in [-0.05, 0) is 46.6 Å². The van der Waals surface area contributed by atoms with Gasteiger partial charge in [0.15, 0.2) is 0 Å². The van der Waals surface area contributed by atoms with E-state index in [0.29, 0.717) is 13.1 Å². The zero-order valence-electron chi connectivity index (χ0n) is 15.3. The fraction of sp³-hybridized carbons (Fsp3) is 0.238. The standard InChI is InChI=1S/C21H23N3O2S/c1-2-24(13-16-6-4-3-5-7-16)14-18-8-9-19(21(26)23-18)20(25)22-12-17-10-11-27-15-17/h3-11,15H,2,12-14H2,1H3,(H,22,25)(H,23,26). The number of pyridine rings is 1. The van der Waals surface area contributed by atoms with Crippen molar-refractivity contribution in [2.75, 3.05) is 6.54 Å². The molecule has 1 amide bonds. The molecule has 3 rings (SSSR count). The molecule has 0 saturated heterocycles. The van der Waals surface area contributed by atoms with Crippen LogP contribution in [0.2, 0.25) is 0 Å². The number of thiophene rings is 1. The third-order valence-corrected chi connectivity index (χ3v) is 5.07. The van der Waals surface area contributed by atoms with Crippen molar-refractivity contribution < 1.29 is 4.79 Å². The van der Waals surface area contributed by atoms with Gasteiger partial charge >= 0.3 is 0 Å². The number of amides is 1. The molecular formula is C21H23N3O2S. The number of nitrogens with one attached hydrogen (secondary N) is 2. The van der Waals surface area contributed by atoms with E-state index in [9.17, 15) is 9.59 Å². The number of rotatable bonds is 8. The number of aromatic amines is 1. The van der Waals surface area contributed by atoms with Crippen LogP contribution in [0.1, 0.15) is 34.1 Å². The van der Waals surface area contributed by atoms with Gasteiger partial charge in [-0.3, -0.25) is 14.5 Å². The quantitative estimate of drug-likeness (QED) is 0.629. The van der Waals surface area contributed by atoms with E-state index in [-0.39, 0.29) is 17.0 Å². The Kier molecular flexibility index (Phi) is 6.57. The van der Waals surface area contributed by atoms with Crippen LogP contribution >= 0.6 is 11.3 Å². The smallest absolute Gasteiger partial charge is 0.261 e. The van der Waals surface area contributed by atoms with Gasteiger partial charge in [0.2, 0.25) is 0 Å². The molecule has 0 atom stereocenters. The predicted octanol–water partition coefficient (Wildman–Crippen LogP) is 3.39. The molecule has 2 aromatic heterocycles. The molecule has 0 fully saturated rings. The lowest BCUT2D eigenvalue weighted by molar-refractivity contribution is 0.0949. The number of hydrogen-bond acceptors (Lipinski definition) is 4. The van der Waals surface area contributed by atoms with Gasteiger partial charge in [-0.1, -0.05) is 37.3 Å². The highest BCUT2D eigenvalue weighted by atomic mass is 32.1. The van der Waals surface area contributed by atoms with Crippen LogP contribution in [-0.2, 0) is 19.6 Å². The molecule has 0 bridgehead atoms. The molecule has 140 valence electrons. The topological polar surface area (TPSA) is 65.2 Å². The Hall–Kier alpha value is -2.70. The molecule has 2 N–H and O–H groups in total. The van der Waals surface area contributed by atoms with Crippen molar-refractivity contribution in [2.24, 2.45) is 0 Å². The number of carbonyl (C=O) groups excluding carboxylic acids is 1. The van der Waals surface area contributed by atoms with Gasteiger partial charge in [0.05, 0.1) is 0 Å². The van der Waals surface area contributed by atoms with E-state index in [4.69, 9.17) is 0 Å². The Bertz CT molecular complexity index is 920. The average Bonchev–Trinajstić information content (AvgIpc) is 3.20. The summed E-state index contributed by atoms with van der Waals surface area (Å²) in [4.78, 5) is 29.7. The Labute approximate surface area is 162 Å². The van der Waals surface area contributed by atoms with Gasteiger partial charge in [-0.15, -0.1) is 0 Å². The Morgan fingerprint density at radius 2 is 1.89 bits per heavy atom. The highest BCUT2D eigenvalue weighted by Crippen LogP contribution is 2.08. The Morgan fingerprint density at radius 1 is 1.07 bits per heavy atom. The van der Waals surface area contributed by atoms with Gasteiger partial charge in [0.1, 0.15) is 5.56 Å². The number of hydrogen-bond donors (Lipinski definition) is 2. The molecule has 5 nitrogen and oxygen atoms in total. The van der Waals surface area contributed by atoms with E-state index in [1.165, 1.54) is 5.56 Å². The molecule has 0 aliphatic carbocycles. The van der Waals surface area contributed by atoms with Crippen molar-refractivity contribution >= 4 is 17.2 Å². The third kappa shape index (κ3) is 5.39. The first-order valence-corrected chi connectivity index (χ1v) is 9.87. The zero-order valence-corrected chi connectivity index (χ0v) is 16.1. The van der Waals surface area contributed by atoms with E-state index in [2.05, 4.69) is 34.3 Å².